The fourth-order valence-electron chi connectivity index (χ4n) is 2.35. The number of unbranched alkanes of at least 4 members (excludes halogenated alkanes) is 1. The number of carbonyl (C=O) groups is 1. The third-order valence-corrected chi connectivity index (χ3v) is 3.23. The van der Waals surface area contributed by atoms with E-state index >= 15 is 0 Å². The van der Waals surface area contributed by atoms with Crippen molar-refractivity contribution in [3.8, 4) is 0 Å². The average molecular weight is 211 g/mol. The molecular formula is C13H23O2. The molecule has 1 radical (unpaired) electrons. The van der Waals surface area contributed by atoms with Gasteiger partial charge in [-0.3, -0.25) is 4.79 Å². The molecule has 0 amide bonds. The lowest BCUT2D eigenvalue weighted by atomic mass is 9.76. The molecule has 0 N–H and O–H groups in total. The number of Topliss-reactive ketones (excluding diaryl/α,β-unsaturated/α-hetero) is 1. The Labute approximate surface area is 93.4 Å². The molecule has 1 unspecified atom stereocenters. The predicted octanol–water partition coefficient (Wildman–Crippen LogP) is 3.16. The standard InChI is InChI=1S/C13H23O2/c1-3-4-9-13(14)12-8-6-5-7-11(12)10-15-2/h12H,3-10H2,1-2H3. The second kappa shape index (κ2) is 7.00. The Morgan fingerprint density at radius 3 is 2.93 bits per heavy atom. The first-order valence-electron chi connectivity index (χ1n) is 6.15. The molecule has 1 fully saturated rings. The molecule has 2 heteroatoms. The van der Waals surface area contributed by atoms with Crippen LogP contribution in [0.5, 0.6) is 0 Å². The molecule has 0 aliphatic heterocycles. The molecule has 2 nitrogen and oxygen atoms in total. The zero-order valence-corrected chi connectivity index (χ0v) is 10.1. The molecular weight excluding hydrogens is 188 g/mol. The summed E-state index contributed by atoms with van der Waals surface area (Å²) in [7, 11) is 1.72. The van der Waals surface area contributed by atoms with Gasteiger partial charge in [-0.1, -0.05) is 26.2 Å². The van der Waals surface area contributed by atoms with Gasteiger partial charge in [0.15, 0.2) is 0 Å². The van der Waals surface area contributed by atoms with Crippen LogP contribution in [-0.4, -0.2) is 19.5 Å². The highest BCUT2D eigenvalue weighted by molar-refractivity contribution is 5.83. The first-order chi connectivity index (χ1) is 7.29. The van der Waals surface area contributed by atoms with Crippen molar-refractivity contribution in [2.24, 2.45) is 5.92 Å². The zero-order valence-electron chi connectivity index (χ0n) is 10.1. The maximum Gasteiger partial charge on any atom is 0.136 e. The van der Waals surface area contributed by atoms with Crippen LogP contribution in [0.3, 0.4) is 0 Å². The Hall–Kier alpha value is -0.370. The van der Waals surface area contributed by atoms with Crippen molar-refractivity contribution in [2.75, 3.05) is 13.7 Å². The SMILES string of the molecule is CCCCC(=O)C1CCCC[C]1COC. The van der Waals surface area contributed by atoms with Crippen molar-refractivity contribution < 1.29 is 9.53 Å². The van der Waals surface area contributed by atoms with Crippen molar-refractivity contribution in [2.45, 2.75) is 51.9 Å². The molecule has 1 aliphatic rings. The third-order valence-electron chi connectivity index (χ3n) is 3.23. The number of rotatable bonds is 6. The number of hydrogen-bond acceptors (Lipinski definition) is 2. The highest BCUT2D eigenvalue weighted by atomic mass is 16.5. The van der Waals surface area contributed by atoms with E-state index in [9.17, 15) is 4.79 Å². The molecule has 87 valence electrons. The lowest BCUT2D eigenvalue weighted by Crippen LogP contribution is -2.28. The van der Waals surface area contributed by atoms with Crippen molar-refractivity contribution in [3.05, 3.63) is 5.92 Å². The summed E-state index contributed by atoms with van der Waals surface area (Å²) >= 11 is 0. The Morgan fingerprint density at radius 2 is 2.27 bits per heavy atom. The lowest BCUT2D eigenvalue weighted by molar-refractivity contribution is -0.123. The number of ether oxygens (including phenoxy) is 1. The number of carbonyl (C=O) groups excluding carboxylic acids is 1. The highest BCUT2D eigenvalue weighted by Gasteiger charge is 2.30. The minimum atomic E-state index is 0.213. The van der Waals surface area contributed by atoms with Crippen molar-refractivity contribution >= 4 is 5.78 Å². The first kappa shape index (κ1) is 12.7. The number of methoxy groups -OCH3 is 1. The summed E-state index contributed by atoms with van der Waals surface area (Å²) in [5.41, 5.74) is 0. The van der Waals surface area contributed by atoms with Gasteiger partial charge in [0.1, 0.15) is 5.78 Å². The van der Waals surface area contributed by atoms with E-state index in [0.717, 1.165) is 32.1 Å². The van der Waals surface area contributed by atoms with Gasteiger partial charge in [-0.25, -0.2) is 0 Å². The van der Waals surface area contributed by atoms with Crippen LogP contribution in [0.4, 0.5) is 0 Å². The van der Waals surface area contributed by atoms with Crippen LogP contribution in [-0.2, 0) is 9.53 Å². The van der Waals surface area contributed by atoms with E-state index in [0.29, 0.717) is 12.4 Å². The van der Waals surface area contributed by atoms with E-state index in [1.54, 1.807) is 7.11 Å². The molecule has 1 aliphatic carbocycles. The topological polar surface area (TPSA) is 26.3 Å². The van der Waals surface area contributed by atoms with Gasteiger partial charge in [0.05, 0.1) is 6.61 Å². The van der Waals surface area contributed by atoms with E-state index in [1.807, 2.05) is 0 Å². The van der Waals surface area contributed by atoms with Gasteiger partial charge in [0, 0.05) is 25.4 Å². The van der Waals surface area contributed by atoms with Gasteiger partial charge in [-0.15, -0.1) is 0 Å². The summed E-state index contributed by atoms with van der Waals surface area (Å²) < 4.78 is 5.18. The Kier molecular flexibility index (Phi) is 5.92. The number of ketones is 1. The molecule has 1 rings (SSSR count). The summed E-state index contributed by atoms with van der Waals surface area (Å²) in [5.74, 6) is 2.00. The Bertz CT molecular complexity index is 187. The summed E-state index contributed by atoms with van der Waals surface area (Å²) in [5, 5.41) is 0. The van der Waals surface area contributed by atoms with Gasteiger partial charge >= 0.3 is 0 Å². The van der Waals surface area contributed by atoms with E-state index in [4.69, 9.17) is 4.74 Å². The van der Waals surface area contributed by atoms with Crippen molar-refractivity contribution in [1.82, 2.24) is 0 Å². The smallest absolute Gasteiger partial charge is 0.136 e. The van der Waals surface area contributed by atoms with E-state index in [-0.39, 0.29) is 5.92 Å². The van der Waals surface area contributed by atoms with Crippen LogP contribution in [0.1, 0.15) is 51.9 Å². The van der Waals surface area contributed by atoms with E-state index < -0.39 is 0 Å². The molecule has 0 spiro atoms. The fraction of sp³-hybridized carbons (Fsp3) is 0.846. The molecule has 0 aromatic rings. The monoisotopic (exact) mass is 211 g/mol. The minimum Gasteiger partial charge on any atom is -0.384 e. The predicted molar refractivity (Wildman–Crippen MR) is 61.6 cm³/mol. The maximum absolute atomic E-state index is 12.0. The van der Waals surface area contributed by atoms with Crippen molar-refractivity contribution in [3.63, 3.8) is 0 Å². The molecule has 1 saturated carbocycles. The van der Waals surface area contributed by atoms with E-state index in [2.05, 4.69) is 6.92 Å². The van der Waals surface area contributed by atoms with Crippen LogP contribution in [0.25, 0.3) is 0 Å². The van der Waals surface area contributed by atoms with Gasteiger partial charge in [-0.05, 0) is 19.3 Å². The van der Waals surface area contributed by atoms with Crippen LogP contribution >= 0.6 is 0 Å². The van der Waals surface area contributed by atoms with Gasteiger partial charge in [0.25, 0.3) is 0 Å². The molecule has 0 bridgehead atoms. The Balaban J connectivity index is 2.43. The highest BCUT2D eigenvalue weighted by Crippen LogP contribution is 2.33. The zero-order chi connectivity index (χ0) is 11.1. The van der Waals surface area contributed by atoms with Crippen LogP contribution in [0.15, 0.2) is 0 Å². The lowest BCUT2D eigenvalue weighted by Gasteiger charge is -2.29. The number of hydrogen-bond donors (Lipinski definition) is 0. The van der Waals surface area contributed by atoms with Crippen LogP contribution < -0.4 is 0 Å². The molecule has 0 heterocycles. The molecule has 0 aromatic heterocycles. The first-order valence-corrected chi connectivity index (χ1v) is 6.15. The summed E-state index contributed by atoms with van der Waals surface area (Å²) in [6.45, 7) is 2.82. The second-order valence-electron chi connectivity index (χ2n) is 4.46. The third kappa shape index (κ3) is 3.94. The quantitative estimate of drug-likeness (QED) is 0.674. The Morgan fingerprint density at radius 1 is 1.47 bits per heavy atom. The summed E-state index contributed by atoms with van der Waals surface area (Å²) in [6, 6.07) is 0. The largest absolute Gasteiger partial charge is 0.384 e. The van der Waals surface area contributed by atoms with Crippen LogP contribution in [0.2, 0.25) is 0 Å². The average Bonchev–Trinajstić information content (AvgIpc) is 2.27. The summed E-state index contributed by atoms with van der Waals surface area (Å²) in [4.78, 5) is 12.0. The molecule has 0 aromatic carbocycles. The normalized spacial score (nSPS) is 22.9. The van der Waals surface area contributed by atoms with Crippen LogP contribution in [0, 0.1) is 11.8 Å². The molecule has 15 heavy (non-hydrogen) atoms. The van der Waals surface area contributed by atoms with Crippen molar-refractivity contribution in [1.29, 1.82) is 0 Å². The summed E-state index contributed by atoms with van der Waals surface area (Å²) in [6.07, 6.45) is 7.49. The van der Waals surface area contributed by atoms with Gasteiger partial charge in [0.2, 0.25) is 0 Å². The second-order valence-corrected chi connectivity index (χ2v) is 4.46. The minimum absolute atomic E-state index is 0.213. The van der Waals surface area contributed by atoms with E-state index in [1.165, 1.54) is 18.8 Å². The van der Waals surface area contributed by atoms with Gasteiger partial charge in [-0.2, -0.15) is 0 Å². The molecule has 0 saturated heterocycles. The molecule has 1 atom stereocenters. The van der Waals surface area contributed by atoms with Gasteiger partial charge < -0.3 is 4.74 Å². The maximum atomic E-state index is 12.0. The fourth-order valence-corrected chi connectivity index (χ4v) is 2.35.